The van der Waals surface area contributed by atoms with Gasteiger partial charge in [0.05, 0.1) is 31.4 Å². The molecule has 14 heteroatoms. The third-order valence-electron chi connectivity index (χ3n) is 9.99. The van der Waals surface area contributed by atoms with E-state index in [9.17, 15) is 22.8 Å². The van der Waals surface area contributed by atoms with Gasteiger partial charge >= 0.3 is 12.1 Å². The van der Waals surface area contributed by atoms with Gasteiger partial charge in [-0.15, -0.1) is 0 Å². The monoisotopic (exact) mass is 766 g/mol. The molecule has 286 valence electrons. The molecule has 4 aromatic rings. The summed E-state index contributed by atoms with van der Waals surface area (Å²) in [6.07, 6.45) is -0.826. The standard InChI is InChI=1S/C40H42ClF3N4O6/c1-22(45-20-19-35(50)51)30-21-31(40(42,43)44)39(48-38(30)53-3)54-33-17-15-26-25(9-5-10-27(26)33)28-11-6-12-29(36(28)41)32-16-13-23(37(47-32)52-2)7-4-8-24-14-18-34(49)46-24/h5-6,9-13,16,21-22,24,33,45H,4,7-8,14-15,17-20H2,1-3H3,(H,46,49)(H,50,51)/t22?,24-,33+/m1/s1. The molecular weight excluding hydrogens is 725 g/mol. The Hall–Kier alpha value is -4.88. The molecule has 0 radical (unpaired) electrons. The van der Waals surface area contributed by atoms with Crippen LogP contribution < -0.4 is 24.8 Å². The van der Waals surface area contributed by atoms with Crippen LogP contribution in [0.5, 0.6) is 17.6 Å². The number of ether oxygens (including phenoxy) is 3. The molecule has 3 atom stereocenters. The number of alkyl halides is 3. The number of methoxy groups -OCH3 is 2. The summed E-state index contributed by atoms with van der Waals surface area (Å²) in [6, 6.07) is 15.7. The SMILES string of the molecule is COc1nc(-c2cccc(-c3cccc4c3CC[C@@H]4Oc3nc(OC)c(C(C)NCCC(=O)O)cc3C(F)(F)F)c2Cl)ccc1CCC[C@@H]1CCC(=O)N1. The average molecular weight is 767 g/mol. The lowest BCUT2D eigenvalue weighted by Gasteiger charge is -2.22. The summed E-state index contributed by atoms with van der Waals surface area (Å²) in [5.41, 5.74) is 4.60. The summed E-state index contributed by atoms with van der Waals surface area (Å²) < 4.78 is 60.5. The van der Waals surface area contributed by atoms with Crippen LogP contribution in [0.1, 0.15) is 85.4 Å². The summed E-state index contributed by atoms with van der Waals surface area (Å²) in [4.78, 5) is 31.5. The Balaban J connectivity index is 1.25. The third kappa shape index (κ3) is 8.57. The summed E-state index contributed by atoms with van der Waals surface area (Å²) in [5, 5.41) is 15.4. The molecule has 1 amide bonds. The number of aliphatic carboxylic acids is 1. The number of hydrogen-bond acceptors (Lipinski definition) is 8. The van der Waals surface area contributed by atoms with Crippen molar-refractivity contribution in [3.05, 3.63) is 87.4 Å². The molecule has 1 unspecified atom stereocenters. The topological polar surface area (TPSA) is 132 Å². The number of rotatable bonds is 15. The van der Waals surface area contributed by atoms with Gasteiger partial charge in [-0.2, -0.15) is 18.2 Å². The van der Waals surface area contributed by atoms with Gasteiger partial charge in [0.2, 0.25) is 23.5 Å². The van der Waals surface area contributed by atoms with Crippen LogP contribution in [-0.4, -0.2) is 53.8 Å². The average Bonchev–Trinajstić information content (AvgIpc) is 3.76. The van der Waals surface area contributed by atoms with E-state index in [4.69, 9.17) is 35.9 Å². The first-order chi connectivity index (χ1) is 25.9. The highest BCUT2D eigenvalue weighted by atomic mass is 35.5. The van der Waals surface area contributed by atoms with Crippen LogP contribution in [0.15, 0.2) is 54.6 Å². The number of amides is 1. The number of aromatic nitrogens is 2. The first kappa shape index (κ1) is 38.8. The van der Waals surface area contributed by atoms with E-state index in [-0.39, 0.29) is 36.4 Å². The lowest BCUT2D eigenvalue weighted by Crippen LogP contribution is -2.25. The minimum Gasteiger partial charge on any atom is -0.481 e. The number of carbonyl (C=O) groups is 2. The quantitative estimate of drug-likeness (QED) is 0.109. The minimum atomic E-state index is -4.79. The summed E-state index contributed by atoms with van der Waals surface area (Å²) in [5.74, 6) is -1.07. The van der Waals surface area contributed by atoms with Gasteiger partial charge in [-0.3, -0.25) is 9.59 Å². The maximum Gasteiger partial charge on any atom is 0.421 e. The zero-order valence-electron chi connectivity index (χ0n) is 30.2. The maximum atomic E-state index is 14.5. The molecule has 2 aliphatic rings. The molecule has 1 aliphatic heterocycles. The first-order valence-electron chi connectivity index (χ1n) is 17.9. The molecule has 6 rings (SSSR count). The molecular formula is C40H42ClF3N4O6. The predicted octanol–water partition coefficient (Wildman–Crippen LogP) is 8.29. The van der Waals surface area contributed by atoms with Crippen molar-refractivity contribution in [2.45, 2.75) is 82.7 Å². The van der Waals surface area contributed by atoms with E-state index in [0.717, 1.165) is 59.6 Å². The number of nitrogens with one attached hydrogen (secondary N) is 2. The highest BCUT2D eigenvalue weighted by Crippen LogP contribution is 2.46. The van der Waals surface area contributed by atoms with E-state index in [1.165, 1.54) is 7.11 Å². The fraction of sp³-hybridized carbons (Fsp3) is 0.400. The van der Waals surface area contributed by atoms with E-state index in [1.54, 1.807) is 14.0 Å². The molecule has 0 bridgehead atoms. The third-order valence-corrected chi connectivity index (χ3v) is 10.4. The molecule has 0 spiro atoms. The first-order valence-corrected chi connectivity index (χ1v) is 18.3. The number of pyridine rings is 2. The molecule has 2 aromatic heterocycles. The normalized spacial score (nSPS) is 17.2. The second-order valence-electron chi connectivity index (χ2n) is 13.5. The van der Waals surface area contributed by atoms with Crippen LogP contribution in [-0.2, 0) is 28.6 Å². The lowest BCUT2D eigenvalue weighted by atomic mass is 9.94. The van der Waals surface area contributed by atoms with Gasteiger partial charge in [0.25, 0.3) is 0 Å². The summed E-state index contributed by atoms with van der Waals surface area (Å²) in [6.45, 7) is 1.66. The molecule has 1 fully saturated rings. The van der Waals surface area contributed by atoms with Crippen LogP contribution in [0.3, 0.4) is 0 Å². The Labute approximate surface area is 316 Å². The number of carbonyl (C=O) groups excluding carboxylic acids is 1. The number of nitrogens with zero attached hydrogens (tertiary/aromatic N) is 2. The molecule has 1 aliphatic carbocycles. The number of carboxylic acid groups (broad SMARTS) is 1. The highest BCUT2D eigenvalue weighted by Gasteiger charge is 2.39. The summed E-state index contributed by atoms with van der Waals surface area (Å²) >= 11 is 7.11. The number of carboxylic acids is 1. The Morgan fingerprint density at radius 1 is 1.00 bits per heavy atom. The largest absolute Gasteiger partial charge is 0.481 e. The number of benzene rings is 2. The molecule has 3 N–H and O–H groups in total. The zero-order valence-corrected chi connectivity index (χ0v) is 30.9. The second-order valence-corrected chi connectivity index (χ2v) is 13.9. The number of fused-ring (bicyclic) bond motifs is 1. The fourth-order valence-electron chi connectivity index (χ4n) is 7.25. The van der Waals surface area contributed by atoms with E-state index >= 15 is 0 Å². The van der Waals surface area contributed by atoms with Crippen LogP contribution in [0.4, 0.5) is 13.2 Å². The van der Waals surface area contributed by atoms with E-state index in [0.29, 0.717) is 41.4 Å². The number of hydrogen-bond donors (Lipinski definition) is 3. The van der Waals surface area contributed by atoms with Crippen molar-refractivity contribution < 1.29 is 42.1 Å². The molecule has 3 heterocycles. The van der Waals surface area contributed by atoms with Crippen LogP contribution in [0.25, 0.3) is 22.4 Å². The van der Waals surface area contributed by atoms with Crippen molar-refractivity contribution in [1.29, 1.82) is 0 Å². The summed E-state index contributed by atoms with van der Waals surface area (Å²) in [7, 11) is 2.89. The van der Waals surface area contributed by atoms with Gasteiger partial charge in [0.15, 0.2) is 0 Å². The van der Waals surface area contributed by atoms with Crippen LogP contribution in [0.2, 0.25) is 5.02 Å². The van der Waals surface area contributed by atoms with Crippen molar-refractivity contribution in [3.63, 3.8) is 0 Å². The maximum absolute atomic E-state index is 14.5. The van der Waals surface area contributed by atoms with Gasteiger partial charge in [-0.05, 0) is 74.3 Å². The Morgan fingerprint density at radius 2 is 1.74 bits per heavy atom. The van der Waals surface area contributed by atoms with Crippen LogP contribution in [0, 0.1) is 0 Å². The highest BCUT2D eigenvalue weighted by molar-refractivity contribution is 6.36. The lowest BCUT2D eigenvalue weighted by molar-refractivity contribution is -0.140. The molecule has 1 saturated heterocycles. The van der Waals surface area contributed by atoms with Gasteiger partial charge in [-0.1, -0.05) is 54.1 Å². The molecule has 54 heavy (non-hydrogen) atoms. The zero-order chi connectivity index (χ0) is 38.6. The number of halogens is 4. The van der Waals surface area contributed by atoms with E-state index < -0.39 is 35.7 Å². The minimum absolute atomic E-state index is 0.0501. The Morgan fingerprint density at radius 3 is 2.44 bits per heavy atom. The van der Waals surface area contributed by atoms with Gasteiger partial charge in [-0.25, -0.2) is 4.98 Å². The van der Waals surface area contributed by atoms with Gasteiger partial charge < -0.3 is 30.0 Å². The number of aryl methyl sites for hydroxylation is 1. The van der Waals surface area contributed by atoms with Crippen molar-refractivity contribution in [2.24, 2.45) is 0 Å². The fourth-order valence-corrected chi connectivity index (χ4v) is 7.58. The van der Waals surface area contributed by atoms with Crippen LogP contribution >= 0.6 is 11.6 Å². The molecule has 10 nitrogen and oxygen atoms in total. The van der Waals surface area contributed by atoms with E-state index in [1.807, 2.05) is 48.5 Å². The Kier molecular flexibility index (Phi) is 12.0. The predicted molar refractivity (Wildman–Crippen MR) is 197 cm³/mol. The van der Waals surface area contributed by atoms with Gasteiger partial charge in [0.1, 0.15) is 11.7 Å². The van der Waals surface area contributed by atoms with Gasteiger partial charge in [0, 0.05) is 47.3 Å². The second kappa shape index (κ2) is 16.6. The van der Waals surface area contributed by atoms with Crippen molar-refractivity contribution in [2.75, 3.05) is 20.8 Å². The molecule has 0 saturated carbocycles. The van der Waals surface area contributed by atoms with Crippen molar-refractivity contribution in [3.8, 4) is 40.0 Å². The molecule has 2 aromatic carbocycles. The van der Waals surface area contributed by atoms with Crippen molar-refractivity contribution in [1.82, 2.24) is 20.6 Å². The van der Waals surface area contributed by atoms with Crippen molar-refractivity contribution >= 4 is 23.5 Å². The Bertz CT molecular complexity index is 2030. The smallest absolute Gasteiger partial charge is 0.421 e. The van der Waals surface area contributed by atoms with E-state index in [2.05, 4.69) is 15.6 Å².